The second-order valence-electron chi connectivity index (χ2n) is 6.29. The van der Waals surface area contributed by atoms with Crippen LogP contribution in [-0.4, -0.2) is 29.4 Å². The van der Waals surface area contributed by atoms with Crippen LogP contribution in [0.4, 0.5) is 5.69 Å². The molecule has 1 aliphatic rings. The Hall–Kier alpha value is -3.02. The number of anilines is 1. The lowest BCUT2D eigenvalue weighted by Crippen LogP contribution is -2.47. The number of aliphatic carboxylic acids is 1. The third-order valence-electron chi connectivity index (χ3n) is 4.58. The number of nitrogens with one attached hydrogen (secondary N) is 1. The molecule has 0 fully saturated rings. The summed E-state index contributed by atoms with van der Waals surface area (Å²) in [5.41, 5.74) is 2.37. The fourth-order valence-electron chi connectivity index (χ4n) is 3.05. The number of fused-ring (bicyclic) bond motifs is 1. The van der Waals surface area contributed by atoms with Crippen LogP contribution >= 0.6 is 0 Å². The summed E-state index contributed by atoms with van der Waals surface area (Å²) < 4.78 is 5.12. The maximum atomic E-state index is 13.0. The van der Waals surface area contributed by atoms with E-state index in [1.165, 1.54) is 0 Å². The molecular weight excluding hydrogens is 332 g/mol. The maximum Gasteiger partial charge on any atom is 0.258 e. The van der Waals surface area contributed by atoms with E-state index >= 15 is 0 Å². The molecule has 136 valence electrons. The Morgan fingerprint density at radius 2 is 1.92 bits per heavy atom. The zero-order chi connectivity index (χ0) is 18.7. The average molecular weight is 353 g/mol. The summed E-state index contributed by atoms with van der Waals surface area (Å²) in [6.45, 7) is 3.58. The molecule has 0 spiro atoms. The van der Waals surface area contributed by atoms with Crippen molar-refractivity contribution in [3.8, 4) is 5.75 Å². The molecule has 0 aliphatic carbocycles. The van der Waals surface area contributed by atoms with Crippen molar-refractivity contribution in [2.24, 2.45) is 0 Å². The van der Waals surface area contributed by atoms with Crippen molar-refractivity contribution in [2.75, 3.05) is 11.9 Å². The predicted molar refractivity (Wildman–Crippen MR) is 95.7 cm³/mol. The molecule has 0 unspecified atom stereocenters. The molecule has 1 aliphatic heterocycles. The highest BCUT2D eigenvalue weighted by Gasteiger charge is 2.35. The molecule has 1 amide bonds. The Labute approximate surface area is 152 Å². The van der Waals surface area contributed by atoms with E-state index in [1.807, 2.05) is 55.1 Å². The summed E-state index contributed by atoms with van der Waals surface area (Å²) in [4.78, 5) is 25.4. The van der Waals surface area contributed by atoms with Crippen molar-refractivity contribution in [1.82, 2.24) is 4.90 Å². The largest absolute Gasteiger partial charge is 0.546 e. The topological polar surface area (TPSA) is 81.7 Å². The Morgan fingerprint density at radius 3 is 2.58 bits per heavy atom. The smallest absolute Gasteiger partial charge is 0.258 e. The number of carbonyl (C=O) groups excluding carboxylic acids is 2. The number of carboxylic acid groups (broad SMARTS) is 1. The van der Waals surface area contributed by atoms with Crippen LogP contribution in [0.5, 0.6) is 5.75 Å². The van der Waals surface area contributed by atoms with Crippen LogP contribution in [0, 0.1) is 0 Å². The minimum Gasteiger partial charge on any atom is -0.546 e. The van der Waals surface area contributed by atoms with E-state index in [0.29, 0.717) is 11.3 Å². The van der Waals surface area contributed by atoms with E-state index in [2.05, 4.69) is 5.32 Å². The number of rotatable bonds is 6. The fourth-order valence-corrected chi connectivity index (χ4v) is 3.05. The standard InChI is InChI=1S/C20H22N2O4/c1-3-13(2)22-19(21-17-7-5-4-6-16(17)20(22)25)14-8-10-15(11-9-14)26-12-18(23)24/h4-11,13,19,21H,3,12H2,1-2H3,(H,23,24)/p-1/t13-,19-/m0/s1. The first-order chi connectivity index (χ1) is 12.5. The SMILES string of the molecule is CC[C@H](C)N1C(=O)c2ccccc2N[C@@H]1c1ccc(OCC(=O)[O-])cc1. The normalized spacial score (nSPS) is 17.2. The number of ether oxygens (including phenoxy) is 1. The van der Waals surface area contributed by atoms with Gasteiger partial charge in [0, 0.05) is 11.7 Å². The average Bonchev–Trinajstić information content (AvgIpc) is 2.66. The Balaban J connectivity index is 1.91. The van der Waals surface area contributed by atoms with E-state index in [0.717, 1.165) is 17.7 Å². The lowest BCUT2D eigenvalue weighted by molar-refractivity contribution is -0.307. The third kappa shape index (κ3) is 3.49. The molecule has 0 radical (unpaired) electrons. The molecule has 1 N–H and O–H groups in total. The first-order valence-electron chi connectivity index (χ1n) is 8.62. The number of amides is 1. The zero-order valence-corrected chi connectivity index (χ0v) is 14.8. The van der Waals surface area contributed by atoms with Crippen LogP contribution in [0.25, 0.3) is 0 Å². The lowest BCUT2D eigenvalue weighted by atomic mass is 10.0. The van der Waals surface area contributed by atoms with Gasteiger partial charge in [-0.25, -0.2) is 0 Å². The molecular formula is C20H21N2O4-. The minimum atomic E-state index is -1.27. The summed E-state index contributed by atoms with van der Waals surface area (Å²) in [5.74, 6) is -0.834. The van der Waals surface area contributed by atoms with Crippen LogP contribution in [0.1, 0.15) is 42.4 Å². The summed E-state index contributed by atoms with van der Waals surface area (Å²) in [7, 11) is 0. The van der Waals surface area contributed by atoms with Crippen LogP contribution in [0.3, 0.4) is 0 Å². The molecule has 2 aromatic rings. The minimum absolute atomic E-state index is 0.00372. The molecule has 0 bridgehead atoms. The van der Waals surface area contributed by atoms with Crippen LogP contribution in [-0.2, 0) is 4.79 Å². The van der Waals surface area contributed by atoms with Gasteiger partial charge in [-0.2, -0.15) is 0 Å². The van der Waals surface area contributed by atoms with Gasteiger partial charge in [-0.1, -0.05) is 31.2 Å². The molecule has 6 nitrogen and oxygen atoms in total. The number of carboxylic acids is 1. The molecule has 0 saturated carbocycles. The molecule has 1 heterocycles. The molecule has 3 rings (SSSR count). The van der Waals surface area contributed by atoms with E-state index in [1.54, 1.807) is 12.1 Å². The summed E-state index contributed by atoms with van der Waals surface area (Å²) in [5, 5.41) is 13.9. The quantitative estimate of drug-likeness (QED) is 0.861. The lowest BCUT2D eigenvalue weighted by Gasteiger charge is -2.41. The van der Waals surface area contributed by atoms with Gasteiger partial charge in [-0.15, -0.1) is 0 Å². The second kappa shape index (κ2) is 7.47. The summed E-state index contributed by atoms with van der Waals surface area (Å²) in [6.07, 6.45) is 0.529. The highest BCUT2D eigenvalue weighted by atomic mass is 16.5. The molecule has 0 aromatic heterocycles. The van der Waals surface area contributed by atoms with Gasteiger partial charge < -0.3 is 24.9 Å². The van der Waals surface area contributed by atoms with Gasteiger partial charge >= 0.3 is 0 Å². The van der Waals surface area contributed by atoms with E-state index in [9.17, 15) is 14.7 Å². The van der Waals surface area contributed by atoms with Gasteiger partial charge in [0.2, 0.25) is 0 Å². The molecule has 6 heteroatoms. The number of carbonyl (C=O) groups is 2. The van der Waals surface area contributed by atoms with Gasteiger partial charge in [0.15, 0.2) is 0 Å². The summed E-state index contributed by atoms with van der Waals surface area (Å²) >= 11 is 0. The Kier molecular flexibility index (Phi) is 5.11. The van der Waals surface area contributed by atoms with Crippen molar-refractivity contribution in [2.45, 2.75) is 32.5 Å². The molecule has 2 atom stereocenters. The molecule has 2 aromatic carbocycles. The molecule has 26 heavy (non-hydrogen) atoms. The number of hydrogen-bond acceptors (Lipinski definition) is 5. The number of hydrogen-bond donors (Lipinski definition) is 1. The third-order valence-corrected chi connectivity index (χ3v) is 4.58. The fraction of sp³-hybridized carbons (Fsp3) is 0.300. The summed E-state index contributed by atoms with van der Waals surface area (Å²) in [6, 6.07) is 14.6. The Morgan fingerprint density at radius 1 is 1.23 bits per heavy atom. The predicted octanol–water partition coefficient (Wildman–Crippen LogP) is 2.18. The monoisotopic (exact) mass is 353 g/mol. The number of para-hydroxylation sites is 1. The van der Waals surface area contributed by atoms with Crippen molar-refractivity contribution in [3.63, 3.8) is 0 Å². The van der Waals surface area contributed by atoms with Crippen LogP contribution in [0.2, 0.25) is 0 Å². The highest BCUT2D eigenvalue weighted by Crippen LogP contribution is 2.35. The second-order valence-corrected chi connectivity index (χ2v) is 6.29. The zero-order valence-electron chi connectivity index (χ0n) is 14.8. The van der Waals surface area contributed by atoms with Gasteiger partial charge in [-0.3, -0.25) is 4.79 Å². The van der Waals surface area contributed by atoms with Gasteiger partial charge in [0.05, 0.1) is 11.5 Å². The van der Waals surface area contributed by atoms with Crippen LogP contribution < -0.4 is 15.2 Å². The first kappa shape index (κ1) is 17.8. The highest BCUT2D eigenvalue weighted by molar-refractivity contribution is 6.01. The van der Waals surface area contributed by atoms with E-state index in [4.69, 9.17) is 4.74 Å². The number of benzene rings is 2. The molecule has 0 saturated heterocycles. The van der Waals surface area contributed by atoms with E-state index in [-0.39, 0.29) is 18.1 Å². The van der Waals surface area contributed by atoms with Gasteiger partial charge in [0.1, 0.15) is 18.5 Å². The maximum absolute atomic E-state index is 13.0. The van der Waals surface area contributed by atoms with Crippen molar-refractivity contribution < 1.29 is 19.4 Å². The van der Waals surface area contributed by atoms with Crippen molar-refractivity contribution >= 4 is 17.6 Å². The van der Waals surface area contributed by atoms with Gasteiger partial charge in [0.25, 0.3) is 5.91 Å². The van der Waals surface area contributed by atoms with Crippen molar-refractivity contribution in [3.05, 3.63) is 59.7 Å². The van der Waals surface area contributed by atoms with Crippen LogP contribution in [0.15, 0.2) is 48.5 Å². The van der Waals surface area contributed by atoms with E-state index < -0.39 is 12.6 Å². The first-order valence-corrected chi connectivity index (χ1v) is 8.62. The Bertz CT molecular complexity index is 804. The number of nitrogens with zero attached hydrogens (tertiary/aromatic N) is 1. The van der Waals surface area contributed by atoms with Gasteiger partial charge in [-0.05, 0) is 43.2 Å². The van der Waals surface area contributed by atoms with Crippen molar-refractivity contribution in [1.29, 1.82) is 0 Å².